The molecule has 4 heterocycles. The molecule has 2 unspecified atom stereocenters. The fraction of sp³-hybridized carbons (Fsp3) is 0.500. The predicted octanol–water partition coefficient (Wildman–Crippen LogP) is 3.46. The Morgan fingerprint density at radius 1 is 1.14 bits per heavy atom. The third kappa shape index (κ3) is 3.15. The standard InChI is InChI=1S/C22H25FN4O/c1-13-5-14(2)25-20(6-13)27-11-15-7-18(27)12-26(10-15)22(28)19-8-17(23)9-24-21(19)16-3-4-16/h5-6,8-9,15-16,18H,3-4,7,10-12H2,1-2H3. The first kappa shape index (κ1) is 17.6. The van der Waals surface area contributed by atoms with E-state index in [2.05, 4.69) is 28.9 Å². The van der Waals surface area contributed by atoms with Gasteiger partial charge in [0.2, 0.25) is 0 Å². The molecule has 1 aliphatic carbocycles. The molecule has 0 aromatic carbocycles. The molecular formula is C22H25FN4O. The number of rotatable bonds is 3. The van der Waals surface area contributed by atoms with Gasteiger partial charge >= 0.3 is 0 Å². The van der Waals surface area contributed by atoms with E-state index in [4.69, 9.17) is 4.98 Å². The first-order valence-electron chi connectivity index (χ1n) is 10.1. The second-order valence-corrected chi connectivity index (χ2v) is 8.62. The maximum Gasteiger partial charge on any atom is 0.255 e. The first-order valence-corrected chi connectivity index (χ1v) is 10.1. The number of carbonyl (C=O) groups excluding carboxylic acids is 1. The quantitative estimate of drug-likeness (QED) is 0.818. The van der Waals surface area contributed by atoms with Crippen molar-refractivity contribution in [3.05, 3.63) is 52.7 Å². The zero-order chi connectivity index (χ0) is 19.4. The summed E-state index contributed by atoms with van der Waals surface area (Å²) in [4.78, 5) is 26.5. The maximum absolute atomic E-state index is 13.8. The van der Waals surface area contributed by atoms with Crippen LogP contribution in [0.5, 0.6) is 0 Å². The second-order valence-electron chi connectivity index (χ2n) is 8.62. The van der Waals surface area contributed by atoms with E-state index < -0.39 is 5.82 Å². The van der Waals surface area contributed by atoms with Gasteiger partial charge in [-0.05, 0) is 62.8 Å². The third-order valence-corrected chi connectivity index (χ3v) is 6.16. The van der Waals surface area contributed by atoms with Crippen LogP contribution in [0.2, 0.25) is 0 Å². The van der Waals surface area contributed by atoms with Crippen LogP contribution in [0.15, 0.2) is 24.4 Å². The minimum atomic E-state index is -0.436. The molecule has 0 radical (unpaired) electrons. The van der Waals surface area contributed by atoms with Crippen molar-refractivity contribution in [2.24, 2.45) is 5.92 Å². The van der Waals surface area contributed by atoms with Gasteiger partial charge in [0.05, 0.1) is 17.5 Å². The second kappa shape index (κ2) is 6.54. The number of halogens is 1. The summed E-state index contributed by atoms with van der Waals surface area (Å²) in [5.74, 6) is 1.24. The van der Waals surface area contributed by atoms with E-state index in [0.29, 0.717) is 23.9 Å². The Morgan fingerprint density at radius 2 is 1.96 bits per heavy atom. The van der Waals surface area contributed by atoms with Crippen LogP contribution in [0, 0.1) is 25.6 Å². The Kier molecular flexibility index (Phi) is 4.11. The number of pyridine rings is 2. The van der Waals surface area contributed by atoms with E-state index in [1.54, 1.807) is 0 Å². The largest absolute Gasteiger partial charge is 0.351 e. The zero-order valence-corrected chi connectivity index (χ0v) is 16.4. The Labute approximate surface area is 164 Å². The van der Waals surface area contributed by atoms with Crippen molar-refractivity contribution < 1.29 is 9.18 Å². The number of anilines is 1. The van der Waals surface area contributed by atoms with E-state index >= 15 is 0 Å². The summed E-state index contributed by atoms with van der Waals surface area (Å²) in [6, 6.07) is 5.85. The summed E-state index contributed by atoms with van der Waals surface area (Å²) in [6.45, 7) is 6.40. The topological polar surface area (TPSA) is 49.3 Å². The summed E-state index contributed by atoms with van der Waals surface area (Å²) in [5.41, 5.74) is 3.46. The number of amides is 1. The molecule has 0 spiro atoms. The van der Waals surface area contributed by atoms with Crippen molar-refractivity contribution in [3.8, 4) is 0 Å². The van der Waals surface area contributed by atoms with E-state index in [1.165, 1.54) is 17.8 Å². The van der Waals surface area contributed by atoms with Crippen LogP contribution in [0.3, 0.4) is 0 Å². The lowest BCUT2D eigenvalue weighted by Crippen LogP contribution is -2.45. The van der Waals surface area contributed by atoms with Crippen molar-refractivity contribution >= 4 is 11.7 Å². The number of likely N-dealkylation sites (tertiary alicyclic amines) is 1. The van der Waals surface area contributed by atoms with Crippen LogP contribution in [-0.4, -0.2) is 46.5 Å². The van der Waals surface area contributed by atoms with Gasteiger partial charge in [-0.1, -0.05) is 0 Å². The van der Waals surface area contributed by atoms with Crippen molar-refractivity contribution in [3.63, 3.8) is 0 Å². The van der Waals surface area contributed by atoms with Gasteiger partial charge in [-0.3, -0.25) is 9.78 Å². The summed E-state index contributed by atoms with van der Waals surface area (Å²) < 4.78 is 13.8. The highest BCUT2D eigenvalue weighted by Gasteiger charge is 2.42. The van der Waals surface area contributed by atoms with Gasteiger partial charge < -0.3 is 9.80 Å². The summed E-state index contributed by atoms with van der Waals surface area (Å²) in [5, 5.41) is 0. The lowest BCUT2D eigenvalue weighted by atomic mass is 9.98. The molecule has 2 bridgehead atoms. The highest BCUT2D eigenvalue weighted by Crippen LogP contribution is 2.41. The minimum Gasteiger partial charge on any atom is -0.351 e. The molecule has 2 aromatic rings. The Balaban J connectivity index is 1.40. The summed E-state index contributed by atoms with van der Waals surface area (Å²) >= 11 is 0. The molecule has 5 rings (SSSR count). The molecule has 2 atom stereocenters. The average Bonchev–Trinajstić information content (AvgIpc) is 3.45. The van der Waals surface area contributed by atoms with Gasteiger partial charge in [-0.25, -0.2) is 9.37 Å². The fourth-order valence-corrected chi connectivity index (χ4v) is 4.85. The Morgan fingerprint density at radius 3 is 2.71 bits per heavy atom. The molecule has 2 saturated heterocycles. The number of hydrogen-bond donors (Lipinski definition) is 0. The van der Waals surface area contributed by atoms with E-state index in [1.807, 2.05) is 11.8 Å². The number of aromatic nitrogens is 2. The normalized spacial score (nSPS) is 24.0. The molecule has 28 heavy (non-hydrogen) atoms. The third-order valence-electron chi connectivity index (χ3n) is 6.16. The SMILES string of the molecule is Cc1cc(C)nc(N2CC3CC2CN(C(=O)c2cc(F)cnc2C2CC2)C3)c1. The van der Waals surface area contributed by atoms with E-state index in [9.17, 15) is 9.18 Å². The number of aryl methyl sites for hydroxylation is 2. The molecule has 1 saturated carbocycles. The van der Waals surface area contributed by atoms with Gasteiger partial charge in [-0.15, -0.1) is 0 Å². The number of fused-ring (bicyclic) bond motifs is 2. The number of piperidine rings is 1. The van der Waals surface area contributed by atoms with Gasteiger partial charge in [0.1, 0.15) is 11.6 Å². The lowest BCUT2D eigenvalue weighted by molar-refractivity contribution is 0.0692. The van der Waals surface area contributed by atoms with Crippen LogP contribution in [0.25, 0.3) is 0 Å². The number of hydrogen-bond acceptors (Lipinski definition) is 4. The van der Waals surface area contributed by atoms with Crippen LogP contribution in [-0.2, 0) is 0 Å². The van der Waals surface area contributed by atoms with Crippen molar-refractivity contribution in [2.75, 3.05) is 24.5 Å². The van der Waals surface area contributed by atoms with E-state index in [0.717, 1.165) is 49.6 Å². The summed E-state index contributed by atoms with van der Waals surface area (Å²) in [7, 11) is 0. The van der Waals surface area contributed by atoms with Gasteiger partial charge in [0.25, 0.3) is 5.91 Å². The van der Waals surface area contributed by atoms with Crippen molar-refractivity contribution in [1.29, 1.82) is 0 Å². The monoisotopic (exact) mass is 380 g/mol. The number of carbonyl (C=O) groups is 1. The lowest BCUT2D eigenvalue weighted by Gasteiger charge is -2.33. The van der Waals surface area contributed by atoms with Crippen molar-refractivity contribution in [2.45, 2.75) is 45.1 Å². The molecule has 1 amide bonds. The highest BCUT2D eigenvalue weighted by molar-refractivity contribution is 5.95. The highest BCUT2D eigenvalue weighted by atomic mass is 19.1. The molecule has 6 heteroatoms. The first-order chi connectivity index (χ1) is 13.5. The van der Waals surface area contributed by atoms with Gasteiger partial charge in [0.15, 0.2) is 0 Å². The Bertz CT molecular complexity index is 922. The molecule has 0 N–H and O–H groups in total. The summed E-state index contributed by atoms with van der Waals surface area (Å²) in [6.07, 6.45) is 4.39. The van der Waals surface area contributed by atoms with Crippen LogP contribution < -0.4 is 4.90 Å². The predicted molar refractivity (Wildman–Crippen MR) is 105 cm³/mol. The number of nitrogens with zero attached hydrogens (tertiary/aromatic N) is 4. The fourth-order valence-electron chi connectivity index (χ4n) is 4.85. The zero-order valence-electron chi connectivity index (χ0n) is 16.4. The van der Waals surface area contributed by atoms with Gasteiger partial charge in [0, 0.05) is 37.3 Å². The molecule has 2 aliphatic heterocycles. The van der Waals surface area contributed by atoms with Crippen LogP contribution in [0.4, 0.5) is 10.2 Å². The molecular weight excluding hydrogens is 355 g/mol. The smallest absolute Gasteiger partial charge is 0.255 e. The molecule has 146 valence electrons. The molecule has 3 fully saturated rings. The molecule has 3 aliphatic rings. The van der Waals surface area contributed by atoms with Gasteiger partial charge in [-0.2, -0.15) is 0 Å². The van der Waals surface area contributed by atoms with E-state index in [-0.39, 0.29) is 11.9 Å². The average molecular weight is 380 g/mol. The minimum absolute atomic E-state index is 0.0705. The van der Waals surface area contributed by atoms with Crippen molar-refractivity contribution in [1.82, 2.24) is 14.9 Å². The maximum atomic E-state index is 13.8. The van der Waals surface area contributed by atoms with Crippen LogP contribution >= 0.6 is 0 Å². The van der Waals surface area contributed by atoms with Crippen LogP contribution in [0.1, 0.15) is 52.5 Å². The molecule has 2 aromatic heterocycles. The Hall–Kier alpha value is -2.50. The molecule has 5 nitrogen and oxygen atoms in total.